The van der Waals surface area contributed by atoms with Gasteiger partial charge in [0.25, 0.3) is 0 Å². The zero-order valence-electron chi connectivity index (χ0n) is 10.2. The first-order chi connectivity index (χ1) is 8.33. The first-order valence-electron chi connectivity index (χ1n) is 6.63. The van der Waals surface area contributed by atoms with Crippen molar-refractivity contribution >= 4 is 12.6 Å². The van der Waals surface area contributed by atoms with Crippen LogP contribution in [0.15, 0.2) is 24.3 Å². The maximum atomic E-state index is 6.18. The van der Waals surface area contributed by atoms with Crippen molar-refractivity contribution in [1.82, 2.24) is 0 Å². The van der Waals surface area contributed by atoms with Crippen LogP contribution in [0.1, 0.15) is 42.9 Å². The van der Waals surface area contributed by atoms with Gasteiger partial charge in [0.05, 0.1) is 12.7 Å². The van der Waals surface area contributed by atoms with Crippen molar-refractivity contribution in [3.8, 4) is 0 Å². The molecule has 2 aliphatic rings. The van der Waals surface area contributed by atoms with E-state index in [0.717, 1.165) is 12.4 Å². The number of ether oxygens (including phenoxy) is 1. The van der Waals surface area contributed by atoms with Crippen molar-refractivity contribution in [1.29, 1.82) is 0 Å². The fourth-order valence-corrected chi connectivity index (χ4v) is 3.09. The Hall–Kier alpha value is -0.470. The van der Waals surface area contributed by atoms with Crippen LogP contribution in [0.2, 0.25) is 0 Å². The van der Waals surface area contributed by atoms with Crippen molar-refractivity contribution in [2.75, 3.05) is 12.4 Å². The second kappa shape index (κ2) is 4.66. The Balaban J connectivity index is 1.68. The Kier molecular flexibility index (Phi) is 3.18. The third-order valence-corrected chi connectivity index (χ3v) is 4.87. The second-order valence-corrected chi connectivity index (χ2v) is 5.87. The summed E-state index contributed by atoms with van der Waals surface area (Å²) < 4.78 is 6.18. The standard InChI is InChI=1S/C15H20OS/c17-11-15(8-9-15)10-16-14-7-3-5-12-4-1-2-6-13(12)14/h1-2,4,6,14,17H,3,5,7-11H2. The lowest BCUT2D eigenvalue weighted by Gasteiger charge is -2.27. The summed E-state index contributed by atoms with van der Waals surface area (Å²) >= 11 is 4.44. The van der Waals surface area contributed by atoms with Crippen molar-refractivity contribution in [2.45, 2.75) is 38.2 Å². The molecule has 1 unspecified atom stereocenters. The molecule has 0 aliphatic heterocycles. The lowest BCUT2D eigenvalue weighted by molar-refractivity contribution is 0.0163. The summed E-state index contributed by atoms with van der Waals surface area (Å²) in [6.45, 7) is 0.898. The Morgan fingerprint density at radius 3 is 2.88 bits per heavy atom. The molecule has 0 heterocycles. The highest BCUT2D eigenvalue weighted by atomic mass is 32.1. The van der Waals surface area contributed by atoms with Crippen LogP contribution in [-0.4, -0.2) is 12.4 Å². The summed E-state index contributed by atoms with van der Waals surface area (Å²) in [4.78, 5) is 0. The lowest BCUT2D eigenvalue weighted by atomic mass is 9.89. The zero-order chi connectivity index (χ0) is 11.7. The molecule has 1 aromatic carbocycles. The summed E-state index contributed by atoms with van der Waals surface area (Å²) in [5, 5.41) is 0. The van der Waals surface area contributed by atoms with E-state index in [2.05, 4.69) is 36.9 Å². The van der Waals surface area contributed by atoms with Crippen LogP contribution in [0.4, 0.5) is 0 Å². The number of hydrogen-bond donors (Lipinski definition) is 1. The Labute approximate surface area is 109 Å². The summed E-state index contributed by atoms with van der Waals surface area (Å²) in [6, 6.07) is 8.75. The molecule has 1 fully saturated rings. The molecule has 0 spiro atoms. The van der Waals surface area contributed by atoms with E-state index >= 15 is 0 Å². The fourth-order valence-electron chi connectivity index (χ4n) is 2.68. The third-order valence-electron chi connectivity index (χ3n) is 4.20. The van der Waals surface area contributed by atoms with E-state index in [1.54, 1.807) is 0 Å². The molecule has 17 heavy (non-hydrogen) atoms. The van der Waals surface area contributed by atoms with Gasteiger partial charge in [0.1, 0.15) is 0 Å². The Morgan fingerprint density at radius 2 is 2.12 bits per heavy atom. The van der Waals surface area contributed by atoms with E-state index in [4.69, 9.17) is 4.74 Å². The topological polar surface area (TPSA) is 9.23 Å². The van der Waals surface area contributed by atoms with Gasteiger partial charge in [-0.1, -0.05) is 24.3 Å². The van der Waals surface area contributed by atoms with Gasteiger partial charge in [-0.15, -0.1) is 0 Å². The molecular weight excluding hydrogens is 228 g/mol. The van der Waals surface area contributed by atoms with E-state index < -0.39 is 0 Å². The first-order valence-corrected chi connectivity index (χ1v) is 7.27. The molecule has 92 valence electrons. The average molecular weight is 248 g/mol. The van der Waals surface area contributed by atoms with Crippen LogP contribution in [0, 0.1) is 5.41 Å². The maximum Gasteiger partial charge on any atom is 0.0828 e. The quantitative estimate of drug-likeness (QED) is 0.798. The van der Waals surface area contributed by atoms with Crippen LogP contribution >= 0.6 is 12.6 Å². The molecule has 0 amide bonds. The van der Waals surface area contributed by atoms with Crippen LogP contribution < -0.4 is 0 Å². The summed E-state index contributed by atoms with van der Waals surface area (Å²) in [6.07, 6.45) is 6.58. The molecule has 1 saturated carbocycles. The van der Waals surface area contributed by atoms with Crippen LogP contribution in [0.25, 0.3) is 0 Å². The third kappa shape index (κ3) is 2.38. The van der Waals surface area contributed by atoms with E-state index in [9.17, 15) is 0 Å². The number of benzene rings is 1. The van der Waals surface area contributed by atoms with Gasteiger partial charge in [-0.05, 0) is 49.0 Å². The summed E-state index contributed by atoms with van der Waals surface area (Å²) in [5.41, 5.74) is 3.32. The van der Waals surface area contributed by atoms with E-state index in [0.29, 0.717) is 11.5 Å². The highest BCUT2D eigenvalue weighted by Gasteiger charge is 2.42. The molecule has 0 radical (unpaired) electrons. The highest BCUT2D eigenvalue weighted by Crippen LogP contribution is 2.48. The first kappa shape index (κ1) is 11.6. The molecule has 1 aromatic rings. The van der Waals surface area contributed by atoms with Gasteiger partial charge in [0, 0.05) is 5.41 Å². The minimum atomic E-state index is 0.331. The molecule has 3 rings (SSSR count). The molecule has 1 nitrogen and oxygen atoms in total. The van der Waals surface area contributed by atoms with Crippen molar-refractivity contribution in [3.05, 3.63) is 35.4 Å². The predicted octanol–water partition coefficient (Wildman–Crippen LogP) is 3.79. The molecular formula is C15H20OS. The molecule has 2 aliphatic carbocycles. The number of aryl methyl sites for hydroxylation is 1. The molecule has 0 N–H and O–H groups in total. The minimum absolute atomic E-state index is 0.331. The zero-order valence-corrected chi connectivity index (χ0v) is 11.1. The lowest BCUT2D eigenvalue weighted by Crippen LogP contribution is -2.18. The van der Waals surface area contributed by atoms with E-state index in [1.807, 2.05) is 0 Å². The molecule has 0 saturated heterocycles. The SMILES string of the molecule is SCC1(COC2CCCc3ccccc32)CC1. The van der Waals surface area contributed by atoms with Crippen LogP contribution in [0.3, 0.4) is 0 Å². The molecule has 2 heteroatoms. The Morgan fingerprint density at radius 1 is 1.29 bits per heavy atom. The molecule has 0 aromatic heterocycles. The number of fused-ring (bicyclic) bond motifs is 1. The smallest absolute Gasteiger partial charge is 0.0828 e. The number of thiol groups is 1. The predicted molar refractivity (Wildman–Crippen MR) is 73.6 cm³/mol. The van der Waals surface area contributed by atoms with Crippen molar-refractivity contribution in [3.63, 3.8) is 0 Å². The van der Waals surface area contributed by atoms with Gasteiger partial charge in [-0.25, -0.2) is 0 Å². The van der Waals surface area contributed by atoms with Crippen molar-refractivity contribution in [2.24, 2.45) is 5.41 Å². The van der Waals surface area contributed by atoms with Gasteiger partial charge in [-0.2, -0.15) is 12.6 Å². The monoisotopic (exact) mass is 248 g/mol. The van der Waals surface area contributed by atoms with E-state index in [1.165, 1.54) is 43.2 Å². The van der Waals surface area contributed by atoms with Crippen LogP contribution in [-0.2, 0) is 11.2 Å². The molecule has 0 bridgehead atoms. The van der Waals surface area contributed by atoms with E-state index in [-0.39, 0.29) is 0 Å². The minimum Gasteiger partial charge on any atom is -0.373 e. The van der Waals surface area contributed by atoms with Crippen molar-refractivity contribution < 1.29 is 4.74 Å². The summed E-state index contributed by atoms with van der Waals surface area (Å²) in [7, 11) is 0. The summed E-state index contributed by atoms with van der Waals surface area (Å²) in [5.74, 6) is 0.974. The molecule has 1 atom stereocenters. The number of hydrogen-bond acceptors (Lipinski definition) is 2. The second-order valence-electron chi connectivity index (χ2n) is 5.55. The Bertz CT molecular complexity index is 398. The van der Waals surface area contributed by atoms with Crippen LogP contribution in [0.5, 0.6) is 0 Å². The van der Waals surface area contributed by atoms with Gasteiger partial charge >= 0.3 is 0 Å². The normalized spacial score (nSPS) is 25.4. The van der Waals surface area contributed by atoms with Gasteiger partial charge in [0.2, 0.25) is 0 Å². The largest absolute Gasteiger partial charge is 0.373 e. The average Bonchev–Trinajstić information content (AvgIpc) is 3.17. The van der Waals surface area contributed by atoms with Gasteiger partial charge < -0.3 is 4.74 Å². The number of rotatable bonds is 4. The van der Waals surface area contributed by atoms with Gasteiger partial charge in [-0.3, -0.25) is 0 Å². The fraction of sp³-hybridized carbons (Fsp3) is 0.600. The van der Waals surface area contributed by atoms with Gasteiger partial charge in [0.15, 0.2) is 0 Å². The highest BCUT2D eigenvalue weighted by molar-refractivity contribution is 7.80. The maximum absolute atomic E-state index is 6.18.